The number of hydrogen-bond acceptors (Lipinski definition) is 4. The van der Waals surface area contributed by atoms with E-state index < -0.39 is 16.0 Å². The molecular weight excluding hydrogens is 302 g/mol. The molecule has 114 valence electrons. The topological polar surface area (TPSA) is 77.5 Å². The van der Waals surface area contributed by atoms with Crippen LogP contribution in [0.4, 0.5) is 5.69 Å². The van der Waals surface area contributed by atoms with Crippen LogP contribution in [0.25, 0.3) is 0 Å². The number of carboxylic acid groups (broad SMARTS) is 1. The number of benzene rings is 2. The lowest BCUT2D eigenvalue weighted by molar-refractivity contribution is -0.255. The predicted molar refractivity (Wildman–Crippen MR) is 80.1 cm³/mol. The molecular formula is C16H14NO4S-. The molecule has 0 saturated heterocycles. The zero-order valence-corrected chi connectivity index (χ0v) is 12.5. The molecule has 5 nitrogen and oxygen atoms in total. The Bertz CT molecular complexity index is 812. The summed E-state index contributed by atoms with van der Waals surface area (Å²) >= 11 is 0. The van der Waals surface area contributed by atoms with Crippen molar-refractivity contribution in [2.75, 3.05) is 10.8 Å². The Morgan fingerprint density at radius 3 is 2.41 bits per heavy atom. The van der Waals surface area contributed by atoms with Gasteiger partial charge in [0.15, 0.2) is 0 Å². The summed E-state index contributed by atoms with van der Waals surface area (Å²) in [5.74, 6) is -1.33. The molecule has 1 aliphatic rings. The van der Waals surface area contributed by atoms with Gasteiger partial charge < -0.3 is 9.90 Å². The van der Waals surface area contributed by atoms with Gasteiger partial charge in [-0.3, -0.25) is 4.31 Å². The van der Waals surface area contributed by atoms with Crippen LogP contribution in [0.2, 0.25) is 0 Å². The first-order valence-corrected chi connectivity index (χ1v) is 8.36. The van der Waals surface area contributed by atoms with Crippen LogP contribution in [0.5, 0.6) is 0 Å². The first-order valence-electron chi connectivity index (χ1n) is 6.92. The number of fused-ring (bicyclic) bond motifs is 1. The molecule has 0 saturated carbocycles. The molecule has 0 atom stereocenters. The number of para-hydroxylation sites is 1. The van der Waals surface area contributed by atoms with E-state index >= 15 is 0 Å². The van der Waals surface area contributed by atoms with E-state index in [9.17, 15) is 18.3 Å². The van der Waals surface area contributed by atoms with Crippen molar-refractivity contribution >= 4 is 21.7 Å². The van der Waals surface area contributed by atoms with Crippen molar-refractivity contribution < 1.29 is 18.3 Å². The highest BCUT2D eigenvalue weighted by molar-refractivity contribution is 7.92. The zero-order chi connectivity index (χ0) is 15.7. The van der Waals surface area contributed by atoms with Gasteiger partial charge in [-0.2, -0.15) is 0 Å². The fraction of sp³-hybridized carbons (Fsp3) is 0.188. The van der Waals surface area contributed by atoms with Gasteiger partial charge in [0, 0.05) is 6.54 Å². The number of hydrogen-bond donors (Lipinski definition) is 0. The number of carboxylic acids is 1. The smallest absolute Gasteiger partial charge is 0.264 e. The summed E-state index contributed by atoms with van der Waals surface area (Å²) in [5.41, 5.74) is 1.65. The lowest BCUT2D eigenvalue weighted by atomic mass is 10.0. The van der Waals surface area contributed by atoms with E-state index in [4.69, 9.17) is 0 Å². The Kier molecular flexibility index (Phi) is 3.62. The lowest BCUT2D eigenvalue weighted by Crippen LogP contribution is -2.35. The van der Waals surface area contributed by atoms with Crippen LogP contribution >= 0.6 is 0 Å². The highest BCUT2D eigenvalue weighted by atomic mass is 32.2. The van der Waals surface area contributed by atoms with Gasteiger partial charge >= 0.3 is 0 Å². The average Bonchev–Trinajstić information content (AvgIpc) is 2.54. The molecule has 0 bridgehead atoms. The predicted octanol–water partition coefficient (Wildman–Crippen LogP) is 1.19. The van der Waals surface area contributed by atoms with E-state index in [1.165, 1.54) is 28.6 Å². The van der Waals surface area contributed by atoms with E-state index in [-0.39, 0.29) is 10.5 Å². The minimum atomic E-state index is -3.70. The number of rotatable bonds is 3. The molecule has 0 aliphatic carbocycles. The van der Waals surface area contributed by atoms with Gasteiger partial charge in [-0.05, 0) is 42.2 Å². The quantitative estimate of drug-likeness (QED) is 0.852. The monoisotopic (exact) mass is 316 g/mol. The van der Waals surface area contributed by atoms with Gasteiger partial charge in [-0.25, -0.2) is 8.42 Å². The fourth-order valence-electron chi connectivity index (χ4n) is 2.64. The third-order valence-electron chi connectivity index (χ3n) is 3.75. The van der Waals surface area contributed by atoms with E-state index in [0.29, 0.717) is 12.2 Å². The van der Waals surface area contributed by atoms with Gasteiger partial charge in [0.25, 0.3) is 10.0 Å². The number of nitrogens with zero attached hydrogens (tertiary/aromatic N) is 1. The van der Waals surface area contributed by atoms with Crippen molar-refractivity contribution in [2.24, 2.45) is 0 Å². The zero-order valence-electron chi connectivity index (χ0n) is 11.7. The third-order valence-corrected chi connectivity index (χ3v) is 5.57. The molecule has 3 rings (SSSR count). The van der Waals surface area contributed by atoms with Crippen LogP contribution in [0.1, 0.15) is 22.3 Å². The molecule has 0 spiro atoms. The number of carbonyl (C=O) groups is 1. The van der Waals surface area contributed by atoms with Gasteiger partial charge in [0.2, 0.25) is 0 Å². The second kappa shape index (κ2) is 5.46. The SMILES string of the molecule is O=C([O-])c1ccc(S(=O)(=O)N2CCCc3ccccc32)cc1. The minimum Gasteiger partial charge on any atom is -0.545 e. The maximum Gasteiger partial charge on any atom is 0.264 e. The summed E-state index contributed by atoms with van der Waals surface area (Å²) in [7, 11) is -3.70. The van der Waals surface area contributed by atoms with E-state index in [0.717, 1.165) is 18.4 Å². The van der Waals surface area contributed by atoms with Crippen molar-refractivity contribution in [1.82, 2.24) is 0 Å². The Hall–Kier alpha value is -2.34. The summed E-state index contributed by atoms with van der Waals surface area (Å²) in [6.45, 7) is 0.418. The average molecular weight is 316 g/mol. The van der Waals surface area contributed by atoms with Gasteiger partial charge in [-0.15, -0.1) is 0 Å². The van der Waals surface area contributed by atoms with Crippen LogP contribution in [0.3, 0.4) is 0 Å². The normalized spacial score (nSPS) is 14.5. The first-order chi connectivity index (χ1) is 10.5. The second-order valence-corrected chi connectivity index (χ2v) is 6.98. The highest BCUT2D eigenvalue weighted by Crippen LogP contribution is 2.31. The van der Waals surface area contributed by atoms with Crippen LogP contribution in [-0.4, -0.2) is 20.9 Å². The molecule has 22 heavy (non-hydrogen) atoms. The maximum absolute atomic E-state index is 12.8. The lowest BCUT2D eigenvalue weighted by Gasteiger charge is -2.30. The number of anilines is 1. The summed E-state index contributed by atoms with van der Waals surface area (Å²) in [6, 6.07) is 12.5. The Morgan fingerprint density at radius 1 is 1.05 bits per heavy atom. The Labute approximate surface area is 128 Å². The Morgan fingerprint density at radius 2 is 1.73 bits per heavy atom. The van der Waals surface area contributed by atoms with Crippen molar-refractivity contribution in [3.8, 4) is 0 Å². The van der Waals surface area contributed by atoms with E-state index in [1.807, 2.05) is 18.2 Å². The van der Waals surface area contributed by atoms with Crippen LogP contribution < -0.4 is 9.41 Å². The second-order valence-electron chi connectivity index (χ2n) is 5.12. The van der Waals surface area contributed by atoms with Crippen molar-refractivity contribution in [3.05, 3.63) is 59.7 Å². The minimum absolute atomic E-state index is 0.0435. The first kappa shape index (κ1) is 14.6. The highest BCUT2D eigenvalue weighted by Gasteiger charge is 2.28. The molecule has 0 aromatic heterocycles. The third kappa shape index (κ3) is 2.46. The molecule has 0 radical (unpaired) electrons. The van der Waals surface area contributed by atoms with Gasteiger partial charge in [0.1, 0.15) is 0 Å². The number of aromatic carboxylic acids is 1. The molecule has 0 amide bonds. The molecule has 0 N–H and O–H groups in total. The molecule has 2 aromatic carbocycles. The van der Waals surface area contributed by atoms with E-state index in [2.05, 4.69) is 0 Å². The van der Waals surface area contributed by atoms with Gasteiger partial charge in [0.05, 0.1) is 16.6 Å². The molecule has 6 heteroatoms. The van der Waals surface area contributed by atoms with Crippen LogP contribution in [0.15, 0.2) is 53.4 Å². The molecule has 0 fully saturated rings. The fourth-order valence-corrected chi connectivity index (χ4v) is 4.18. The molecule has 1 heterocycles. The Balaban J connectivity index is 2.02. The van der Waals surface area contributed by atoms with Crippen molar-refractivity contribution in [3.63, 3.8) is 0 Å². The van der Waals surface area contributed by atoms with E-state index in [1.54, 1.807) is 6.07 Å². The summed E-state index contributed by atoms with van der Waals surface area (Å²) < 4.78 is 27.0. The molecule has 1 aliphatic heterocycles. The van der Waals surface area contributed by atoms with Crippen molar-refractivity contribution in [1.29, 1.82) is 0 Å². The standard InChI is InChI=1S/C16H15NO4S/c18-16(19)13-7-9-14(10-8-13)22(20,21)17-11-3-5-12-4-1-2-6-15(12)17/h1-2,4,6-10H,3,5,11H2,(H,18,19)/p-1. The maximum atomic E-state index is 12.8. The number of sulfonamides is 1. The van der Waals surface area contributed by atoms with Crippen LogP contribution in [0, 0.1) is 0 Å². The largest absolute Gasteiger partial charge is 0.545 e. The number of aryl methyl sites for hydroxylation is 1. The molecule has 0 unspecified atom stereocenters. The summed E-state index contributed by atoms with van der Waals surface area (Å²) in [6.07, 6.45) is 1.61. The van der Waals surface area contributed by atoms with Crippen LogP contribution in [-0.2, 0) is 16.4 Å². The molecule has 2 aromatic rings. The summed E-state index contributed by atoms with van der Waals surface area (Å²) in [5, 5.41) is 10.8. The number of carbonyl (C=O) groups excluding carboxylic acids is 1. The van der Waals surface area contributed by atoms with Crippen molar-refractivity contribution in [2.45, 2.75) is 17.7 Å². The van der Waals surface area contributed by atoms with Gasteiger partial charge in [-0.1, -0.05) is 30.3 Å². The summed E-state index contributed by atoms with van der Waals surface area (Å²) in [4.78, 5) is 10.8.